The van der Waals surface area contributed by atoms with Crippen LogP contribution in [0.15, 0.2) is 17.1 Å². The molecular formula is C11H14FN4O4+. The number of halogens is 1. The molecule has 0 radical (unpaired) electrons. The molecule has 0 saturated carbocycles. The van der Waals surface area contributed by atoms with Gasteiger partial charge >= 0.3 is 11.2 Å². The molecule has 0 aromatic carbocycles. The summed E-state index contributed by atoms with van der Waals surface area (Å²) >= 11 is 0. The van der Waals surface area contributed by atoms with Crippen molar-refractivity contribution in [2.45, 2.75) is 30.6 Å². The van der Waals surface area contributed by atoms with E-state index >= 15 is 0 Å². The summed E-state index contributed by atoms with van der Waals surface area (Å²) in [4.78, 5) is 18.7. The van der Waals surface area contributed by atoms with E-state index in [4.69, 9.17) is 22.1 Å². The Labute approximate surface area is 113 Å². The lowest BCUT2D eigenvalue weighted by Gasteiger charge is -2.18. The van der Waals surface area contributed by atoms with E-state index < -0.39 is 36.0 Å². The monoisotopic (exact) mass is 285 g/mol. The summed E-state index contributed by atoms with van der Waals surface area (Å²) < 4.78 is 20.1. The minimum atomic E-state index is -2.79. The first-order chi connectivity index (χ1) is 9.28. The van der Waals surface area contributed by atoms with E-state index in [0.717, 1.165) is 4.57 Å². The maximum absolute atomic E-state index is 14.3. The summed E-state index contributed by atoms with van der Waals surface area (Å²) in [6.07, 6.45) is -2.02. The fourth-order valence-electron chi connectivity index (χ4n) is 2.14. The van der Waals surface area contributed by atoms with Crippen LogP contribution in [-0.2, 0) is 4.74 Å². The molecule has 8 nitrogen and oxygen atoms in total. The number of rotatable bonds is 2. The smallest absolute Gasteiger partial charge is 0.353 e. The van der Waals surface area contributed by atoms with Gasteiger partial charge in [0, 0.05) is 13.1 Å². The topological polar surface area (TPSA) is 115 Å². The molecule has 4 N–H and O–H groups in total. The van der Waals surface area contributed by atoms with Crippen molar-refractivity contribution >= 4 is 5.82 Å². The maximum Gasteiger partial charge on any atom is 0.353 e. The van der Waals surface area contributed by atoms with E-state index in [1.165, 1.54) is 19.2 Å². The van der Waals surface area contributed by atoms with Crippen LogP contribution in [0.3, 0.4) is 0 Å². The van der Waals surface area contributed by atoms with E-state index in [9.17, 15) is 14.3 Å². The number of nitrogen functional groups attached to an aromatic ring is 1. The van der Waals surface area contributed by atoms with Crippen LogP contribution in [0.1, 0.15) is 13.2 Å². The second-order valence-electron chi connectivity index (χ2n) is 4.71. The van der Waals surface area contributed by atoms with Crippen molar-refractivity contribution < 1.29 is 19.3 Å². The van der Waals surface area contributed by atoms with E-state index in [1.807, 2.05) is 0 Å². The Kier molecular flexibility index (Phi) is 3.25. The highest BCUT2D eigenvalue weighted by atomic mass is 19.2. The lowest BCUT2D eigenvalue weighted by molar-refractivity contribution is -0.207. The molecule has 4 unspecified atom stereocenters. The van der Waals surface area contributed by atoms with Crippen molar-refractivity contribution in [3.05, 3.63) is 27.6 Å². The van der Waals surface area contributed by atoms with Gasteiger partial charge in [-0.15, -0.1) is 0 Å². The summed E-state index contributed by atoms with van der Waals surface area (Å²) in [7, 11) is 0. The van der Waals surface area contributed by atoms with Crippen molar-refractivity contribution in [3.8, 4) is 6.57 Å². The highest BCUT2D eigenvalue weighted by Gasteiger charge is 2.71. The van der Waals surface area contributed by atoms with Crippen LogP contribution in [-0.4, -0.2) is 43.9 Å². The van der Waals surface area contributed by atoms with Gasteiger partial charge in [-0.05, 0) is 6.07 Å². The summed E-state index contributed by atoms with van der Waals surface area (Å²) in [6.45, 7) is 5.39. The average Bonchev–Trinajstić information content (AvgIpc) is 2.62. The van der Waals surface area contributed by atoms with Gasteiger partial charge in [0.15, 0.2) is 0 Å². The average molecular weight is 285 g/mol. The number of hydrogen-bond acceptors (Lipinski definition) is 6. The summed E-state index contributed by atoms with van der Waals surface area (Å²) in [5.74, 6) is -2.81. The van der Waals surface area contributed by atoms with Gasteiger partial charge < -0.3 is 20.7 Å². The molecule has 0 bridgehead atoms. The third-order valence-electron chi connectivity index (χ3n) is 3.37. The number of hydrogen-bond donors (Lipinski definition) is 3. The molecule has 0 amide bonds. The number of aromatic nitrogens is 2. The van der Waals surface area contributed by atoms with Gasteiger partial charge in [-0.3, -0.25) is 4.57 Å². The molecule has 4 atom stereocenters. The lowest BCUT2D eigenvalue weighted by Crippen LogP contribution is -2.47. The normalized spacial score (nSPS) is 36.8. The number of alkyl halides is 1. The van der Waals surface area contributed by atoms with E-state index in [-0.39, 0.29) is 5.82 Å². The largest absolute Gasteiger partial charge is 0.390 e. The second kappa shape index (κ2) is 4.52. The van der Waals surface area contributed by atoms with Crippen LogP contribution in [0.5, 0.6) is 0 Å². The molecule has 1 aliphatic heterocycles. The Morgan fingerprint density at radius 3 is 2.90 bits per heavy atom. The number of nitrogens with two attached hydrogens (primary N) is 1. The molecule has 1 aromatic heterocycles. The molecule has 2 rings (SSSR count). The summed E-state index contributed by atoms with van der Waals surface area (Å²) in [5, 5.41) is 19.0. The van der Waals surface area contributed by atoms with Crippen LogP contribution in [0.4, 0.5) is 10.2 Å². The zero-order valence-electron chi connectivity index (χ0n) is 10.6. The van der Waals surface area contributed by atoms with E-state index in [1.54, 1.807) is 0 Å². The highest BCUT2D eigenvalue weighted by molar-refractivity contribution is 5.24. The van der Waals surface area contributed by atoms with Crippen LogP contribution < -0.4 is 11.4 Å². The number of aliphatic hydroxyl groups excluding tert-OH is 2. The first kappa shape index (κ1) is 14.4. The summed E-state index contributed by atoms with van der Waals surface area (Å²) in [5.41, 5.74) is 2.85. The fourth-order valence-corrected chi connectivity index (χ4v) is 2.14. The van der Waals surface area contributed by atoms with Gasteiger partial charge in [0.05, 0.1) is 0 Å². The zero-order chi connectivity index (χ0) is 15.1. The van der Waals surface area contributed by atoms with Gasteiger partial charge in [0.2, 0.25) is 12.3 Å². The van der Waals surface area contributed by atoms with Gasteiger partial charge in [0.1, 0.15) is 12.4 Å². The molecule has 9 heteroatoms. The van der Waals surface area contributed by atoms with Gasteiger partial charge in [-0.25, -0.2) is 9.18 Å². The zero-order valence-corrected chi connectivity index (χ0v) is 10.6. The van der Waals surface area contributed by atoms with Gasteiger partial charge in [-0.2, -0.15) is 4.98 Å². The number of aliphatic hydroxyl groups is 2. The van der Waals surface area contributed by atoms with Crippen LogP contribution in [0.25, 0.3) is 4.85 Å². The quantitative estimate of drug-likeness (QED) is 0.648. The molecule has 1 fully saturated rings. The predicted molar refractivity (Wildman–Crippen MR) is 66.7 cm³/mol. The van der Waals surface area contributed by atoms with Gasteiger partial charge in [-0.1, -0.05) is 4.85 Å². The SMILES string of the molecule is C#[N+]C1(C)C(n2ccc(N)nc2=O)OC(F)(CO)C1O. The summed E-state index contributed by atoms with van der Waals surface area (Å²) in [6, 6.07) is 1.30. The van der Waals surface area contributed by atoms with E-state index in [2.05, 4.69) is 9.83 Å². The lowest BCUT2D eigenvalue weighted by atomic mass is 9.92. The van der Waals surface area contributed by atoms with Crippen molar-refractivity contribution in [2.75, 3.05) is 12.3 Å². The van der Waals surface area contributed by atoms with Crippen LogP contribution in [0.2, 0.25) is 0 Å². The van der Waals surface area contributed by atoms with Crippen molar-refractivity contribution in [1.82, 2.24) is 9.55 Å². The molecule has 20 heavy (non-hydrogen) atoms. The molecule has 1 aromatic rings. The Balaban J connectivity index is 2.56. The second-order valence-corrected chi connectivity index (χ2v) is 4.71. The van der Waals surface area contributed by atoms with Crippen LogP contribution in [0, 0.1) is 6.57 Å². The first-order valence-corrected chi connectivity index (χ1v) is 5.71. The minimum absolute atomic E-state index is 0.0233. The fraction of sp³-hybridized carbons (Fsp3) is 0.545. The van der Waals surface area contributed by atoms with Crippen molar-refractivity contribution in [1.29, 1.82) is 0 Å². The number of anilines is 1. The minimum Gasteiger partial charge on any atom is -0.390 e. The predicted octanol–water partition coefficient (Wildman–Crippen LogP) is -0.905. The number of ether oxygens (including phenoxy) is 1. The Hall–Kier alpha value is -2.02. The molecule has 0 aliphatic carbocycles. The Bertz CT molecular complexity index is 630. The van der Waals surface area contributed by atoms with Crippen molar-refractivity contribution in [3.63, 3.8) is 0 Å². The molecule has 1 saturated heterocycles. The first-order valence-electron chi connectivity index (χ1n) is 5.71. The third-order valence-corrected chi connectivity index (χ3v) is 3.37. The van der Waals surface area contributed by atoms with Crippen LogP contribution >= 0.6 is 0 Å². The third kappa shape index (κ3) is 1.85. The maximum atomic E-state index is 14.3. The van der Waals surface area contributed by atoms with Gasteiger partial charge in [0.25, 0.3) is 12.4 Å². The number of nitrogens with zero attached hydrogens (tertiary/aromatic N) is 3. The molecule has 2 heterocycles. The Morgan fingerprint density at radius 2 is 2.40 bits per heavy atom. The molecule has 0 spiro atoms. The molecule has 1 aliphatic rings. The Morgan fingerprint density at radius 1 is 1.75 bits per heavy atom. The highest BCUT2D eigenvalue weighted by Crippen LogP contribution is 2.46. The molecule has 108 valence electrons. The standard InChI is InChI=1S/C11H13FN4O4/c1-10(14-2)7(18)11(12,5-17)20-8(10)16-4-3-6(13)15-9(16)19/h2-4,7-8,17-18H,5H2,1H3,(H-,13,15,19)/p+1. The van der Waals surface area contributed by atoms with E-state index in [0.29, 0.717) is 0 Å². The van der Waals surface area contributed by atoms with Crippen molar-refractivity contribution in [2.24, 2.45) is 0 Å². The molecular weight excluding hydrogens is 271 g/mol.